The van der Waals surface area contributed by atoms with E-state index in [2.05, 4.69) is 45.0 Å². The van der Waals surface area contributed by atoms with Crippen LogP contribution in [0, 0.1) is 12.8 Å². The van der Waals surface area contributed by atoms with Gasteiger partial charge in [-0.2, -0.15) is 0 Å². The molecule has 0 aliphatic carbocycles. The lowest BCUT2D eigenvalue weighted by Gasteiger charge is -2.39. The van der Waals surface area contributed by atoms with Crippen LogP contribution in [-0.4, -0.2) is 75.2 Å². The van der Waals surface area contributed by atoms with Gasteiger partial charge in [-0.25, -0.2) is 4.79 Å². The normalized spacial score (nSPS) is 23.7. The second-order valence-corrected chi connectivity index (χ2v) is 10.9. The fraction of sp³-hybridized carbons (Fsp3) is 0.667. The van der Waals surface area contributed by atoms with Gasteiger partial charge in [-0.15, -0.1) is 5.10 Å². The second kappa shape index (κ2) is 14.8. The number of nitrogens with zero attached hydrogens (tertiary/aromatic N) is 2. The molecule has 0 amide bonds. The van der Waals surface area contributed by atoms with Crippen LogP contribution in [-0.2, 0) is 27.1 Å². The zero-order valence-corrected chi connectivity index (χ0v) is 24.6. The van der Waals surface area contributed by atoms with Gasteiger partial charge >= 0.3 is 6.16 Å². The molecule has 3 rings (SSSR count). The highest BCUT2D eigenvalue weighted by atomic mass is 16.7. The van der Waals surface area contributed by atoms with Crippen molar-refractivity contribution in [1.29, 1.82) is 0 Å². The quantitative estimate of drug-likeness (QED) is 0.309. The molecule has 0 radical (unpaired) electrons. The summed E-state index contributed by atoms with van der Waals surface area (Å²) in [6.45, 7) is 11.9. The predicted octanol–water partition coefficient (Wildman–Crippen LogP) is 4.09. The first-order chi connectivity index (χ1) is 19.1. The molecule has 1 saturated heterocycles. The van der Waals surface area contributed by atoms with Crippen LogP contribution >= 0.6 is 0 Å². The van der Waals surface area contributed by atoms with Gasteiger partial charge in [-0.1, -0.05) is 65.3 Å². The summed E-state index contributed by atoms with van der Waals surface area (Å²) in [5.41, 5.74) is 4.13. The van der Waals surface area contributed by atoms with Gasteiger partial charge in [0.05, 0.1) is 12.6 Å². The fourth-order valence-corrected chi connectivity index (χ4v) is 4.80. The van der Waals surface area contributed by atoms with Crippen molar-refractivity contribution in [2.24, 2.45) is 5.92 Å². The highest BCUT2D eigenvalue weighted by Crippen LogP contribution is 2.32. The van der Waals surface area contributed by atoms with Crippen LogP contribution < -0.4 is 4.74 Å². The van der Waals surface area contributed by atoms with E-state index < -0.39 is 36.9 Å². The van der Waals surface area contributed by atoms with Crippen LogP contribution in [0.1, 0.15) is 82.3 Å². The first-order valence-electron chi connectivity index (χ1n) is 14.4. The number of carbonyl (C=O) groups is 1. The molecule has 0 bridgehead atoms. The summed E-state index contributed by atoms with van der Waals surface area (Å²) in [6, 6.07) is 8.54. The van der Waals surface area contributed by atoms with Crippen molar-refractivity contribution in [3.05, 3.63) is 46.6 Å². The van der Waals surface area contributed by atoms with Gasteiger partial charge < -0.3 is 34.3 Å². The first kappa shape index (κ1) is 31.9. The van der Waals surface area contributed by atoms with E-state index in [-0.39, 0.29) is 31.1 Å². The summed E-state index contributed by atoms with van der Waals surface area (Å²) < 4.78 is 24.0. The number of aromatic nitrogens is 2. The molecule has 1 fully saturated rings. The Hall–Kier alpha value is -2.66. The molecule has 1 aliphatic heterocycles. The number of hydrogen-bond acceptors (Lipinski definition) is 9. The van der Waals surface area contributed by atoms with Crippen molar-refractivity contribution in [2.75, 3.05) is 13.2 Å². The highest BCUT2D eigenvalue weighted by Gasteiger charge is 2.46. The molecule has 10 heteroatoms. The van der Waals surface area contributed by atoms with E-state index in [1.807, 2.05) is 25.5 Å². The summed E-state index contributed by atoms with van der Waals surface area (Å²) in [5.74, 6) is 0.417. The summed E-state index contributed by atoms with van der Waals surface area (Å²) in [5, 5.41) is 36.6. The van der Waals surface area contributed by atoms with Crippen LogP contribution in [0.5, 0.6) is 5.88 Å². The van der Waals surface area contributed by atoms with Crippen molar-refractivity contribution < 1.29 is 39.1 Å². The Bertz CT molecular complexity index is 1070. The molecule has 1 aromatic carbocycles. The number of aliphatic hydroxyl groups is 3. The monoisotopic (exact) mass is 562 g/mol. The molecule has 6 atom stereocenters. The number of carbonyl (C=O) groups excluding carboxylic acids is 1. The fourth-order valence-electron chi connectivity index (χ4n) is 4.80. The Kier molecular flexibility index (Phi) is 11.8. The van der Waals surface area contributed by atoms with Crippen molar-refractivity contribution in [3.8, 4) is 5.88 Å². The molecule has 0 spiro atoms. The maximum Gasteiger partial charge on any atom is 0.508 e. The lowest BCUT2D eigenvalue weighted by Crippen LogP contribution is -2.60. The van der Waals surface area contributed by atoms with Crippen LogP contribution in [0.25, 0.3) is 0 Å². The van der Waals surface area contributed by atoms with Gasteiger partial charge in [0.25, 0.3) is 0 Å². The molecule has 10 nitrogen and oxygen atoms in total. The number of rotatable bonds is 13. The van der Waals surface area contributed by atoms with E-state index in [0.29, 0.717) is 6.42 Å². The van der Waals surface area contributed by atoms with E-state index in [9.17, 15) is 20.1 Å². The van der Waals surface area contributed by atoms with E-state index in [1.165, 1.54) is 5.56 Å². The lowest BCUT2D eigenvalue weighted by atomic mass is 9.99. The van der Waals surface area contributed by atoms with E-state index >= 15 is 0 Å². The number of hydrogen-bond donors (Lipinski definition) is 3. The molecule has 1 aliphatic rings. The molecule has 1 unspecified atom stereocenters. The van der Waals surface area contributed by atoms with Gasteiger partial charge in [-0.3, -0.25) is 4.68 Å². The van der Waals surface area contributed by atoms with Crippen molar-refractivity contribution in [1.82, 2.24) is 9.78 Å². The Morgan fingerprint density at radius 2 is 1.70 bits per heavy atom. The van der Waals surface area contributed by atoms with Crippen LogP contribution in [0.15, 0.2) is 24.3 Å². The number of benzene rings is 1. The smallest absolute Gasteiger partial charge is 0.443 e. The SMILES string of the molecule is CCCC(CC)n1nc(O[C@@H]2O[C@H](COC(=O)OCC(C)C)[C@@H](O)[C@H](O)[C@H]2O)c(Cc2ccc(CC)cc2)c1C. The van der Waals surface area contributed by atoms with Gasteiger partial charge in [0, 0.05) is 17.7 Å². The minimum atomic E-state index is -1.59. The second-order valence-electron chi connectivity index (χ2n) is 10.9. The summed E-state index contributed by atoms with van der Waals surface area (Å²) in [6.07, 6.45) is -3.72. The van der Waals surface area contributed by atoms with Crippen LogP contribution in [0.3, 0.4) is 0 Å². The van der Waals surface area contributed by atoms with Crippen molar-refractivity contribution in [2.45, 2.75) is 110 Å². The lowest BCUT2D eigenvalue weighted by molar-refractivity contribution is -0.278. The van der Waals surface area contributed by atoms with Crippen LogP contribution in [0.4, 0.5) is 4.79 Å². The molecule has 1 aromatic heterocycles. The van der Waals surface area contributed by atoms with Crippen LogP contribution in [0.2, 0.25) is 0 Å². The number of aliphatic hydroxyl groups excluding tert-OH is 3. The molecular weight excluding hydrogens is 516 g/mol. The largest absolute Gasteiger partial charge is 0.508 e. The Morgan fingerprint density at radius 3 is 2.30 bits per heavy atom. The zero-order chi connectivity index (χ0) is 29.4. The standard InChI is InChI=1S/C30H46N2O8/c1-7-10-22(9-3)32-19(6)23(15-21-13-11-20(8-2)12-14-21)28(31-32)40-29-27(35)26(34)25(33)24(39-29)17-38-30(36)37-16-18(4)5/h11-14,18,22,24-27,29,33-35H,7-10,15-17H2,1-6H3/t22?,24-,25-,26+,27-,29+/m1/s1. The van der Waals surface area contributed by atoms with Crippen molar-refractivity contribution >= 4 is 6.16 Å². The molecule has 2 heterocycles. The zero-order valence-electron chi connectivity index (χ0n) is 24.6. The predicted molar refractivity (Wildman–Crippen MR) is 149 cm³/mol. The van der Waals surface area contributed by atoms with Gasteiger partial charge in [0.15, 0.2) is 0 Å². The molecule has 2 aromatic rings. The Labute approximate surface area is 237 Å². The Morgan fingerprint density at radius 1 is 1.02 bits per heavy atom. The third-order valence-electron chi connectivity index (χ3n) is 7.28. The van der Waals surface area contributed by atoms with E-state index in [0.717, 1.165) is 42.5 Å². The average Bonchev–Trinajstić information content (AvgIpc) is 3.24. The van der Waals surface area contributed by atoms with Gasteiger partial charge in [0.2, 0.25) is 12.2 Å². The number of aryl methyl sites for hydroxylation is 1. The van der Waals surface area contributed by atoms with Gasteiger partial charge in [-0.05, 0) is 43.2 Å². The molecule has 40 heavy (non-hydrogen) atoms. The average molecular weight is 563 g/mol. The van der Waals surface area contributed by atoms with E-state index in [1.54, 1.807) is 0 Å². The van der Waals surface area contributed by atoms with E-state index in [4.69, 9.17) is 24.0 Å². The maximum atomic E-state index is 11.9. The topological polar surface area (TPSA) is 132 Å². The molecule has 3 N–H and O–H groups in total. The minimum Gasteiger partial charge on any atom is -0.443 e. The highest BCUT2D eigenvalue weighted by molar-refractivity contribution is 5.59. The maximum absolute atomic E-state index is 11.9. The summed E-state index contributed by atoms with van der Waals surface area (Å²) >= 11 is 0. The van der Waals surface area contributed by atoms with Gasteiger partial charge in [0.1, 0.15) is 31.0 Å². The third-order valence-corrected chi connectivity index (χ3v) is 7.28. The molecular formula is C30H46N2O8. The molecule has 0 saturated carbocycles. The first-order valence-corrected chi connectivity index (χ1v) is 14.4. The third kappa shape index (κ3) is 7.96. The molecule has 224 valence electrons. The Balaban J connectivity index is 1.85. The summed E-state index contributed by atoms with van der Waals surface area (Å²) in [4.78, 5) is 11.9. The summed E-state index contributed by atoms with van der Waals surface area (Å²) in [7, 11) is 0. The minimum absolute atomic E-state index is 0.130. The van der Waals surface area contributed by atoms with Crippen molar-refractivity contribution in [3.63, 3.8) is 0 Å². The number of ether oxygens (including phenoxy) is 4.